The molecule has 22 heavy (non-hydrogen) atoms. The first-order valence-electron chi connectivity index (χ1n) is 7.04. The summed E-state index contributed by atoms with van der Waals surface area (Å²) in [6.07, 6.45) is -4.56. The molecule has 2 heterocycles. The van der Waals surface area contributed by atoms with E-state index >= 15 is 0 Å². The molecule has 1 aliphatic heterocycles. The summed E-state index contributed by atoms with van der Waals surface area (Å²) in [5.41, 5.74) is -2.05. The molecule has 8 heteroatoms. The van der Waals surface area contributed by atoms with Crippen LogP contribution >= 0.6 is 0 Å². The number of rotatable bonds is 3. The van der Waals surface area contributed by atoms with Crippen molar-refractivity contribution in [2.75, 3.05) is 6.61 Å². The molecular weight excluding hydrogens is 298 g/mol. The lowest BCUT2D eigenvalue weighted by molar-refractivity contribution is -0.141. The highest BCUT2D eigenvalue weighted by molar-refractivity contribution is 6.62. The van der Waals surface area contributed by atoms with Gasteiger partial charge in [0.25, 0.3) is 0 Å². The van der Waals surface area contributed by atoms with Gasteiger partial charge >= 0.3 is 13.3 Å². The minimum Gasteiger partial charge on any atom is -0.478 e. The summed E-state index contributed by atoms with van der Waals surface area (Å²) in [6, 6.07) is 2.35. The van der Waals surface area contributed by atoms with Crippen LogP contribution in [0.5, 0.6) is 5.88 Å². The third-order valence-electron chi connectivity index (χ3n) is 3.93. The Labute approximate surface area is 128 Å². The molecule has 0 atom stereocenters. The van der Waals surface area contributed by atoms with Crippen LogP contribution in [-0.4, -0.2) is 29.9 Å². The molecule has 4 nitrogen and oxygen atoms in total. The number of halogens is 3. The van der Waals surface area contributed by atoms with Gasteiger partial charge in [-0.15, -0.1) is 0 Å². The van der Waals surface area contributed by atoms with Crippen LogP contribution in [0.3, 0.4) is 0 Å². The SMILES string of the molecule is CCOc1cc(B2OC(C)(C)C(C)(C)O2)cc(C(F)(F)F)n1. The third-order valence-corrected chi connectivity index (χ3v) is 3.93. The van der Waals surface area contributed by atoms with E-state index in [1.165, 1.54) is 6.07 Å². The number of ether oxygens (including phenoxy) is 1. The summed E-state index contributed by atoms with van der Waals surface area (Å²) in [7, 11) is -0.895. The van der Waals surface area contributed by atoms with Gasteiger partial charge in [-0.25, -0.2) is 4.98 Å². The van der Waals surface area contributed by atoms with Gasteiger partial charge in [0.1, 0.15) is 5.69 Å². The van der Waals surface area contributed by atoms with Gasteiger partial charge < -0.3 is 14.0 Å². The highest BCUT2D eigenvalue weighted by atomic mass is 19.4. The van der Waals surface area contributed by atoms with Crippen molar-refractivity contribution in [3.05, 3.63) is 17.8 Å². The maximum atomic E-state index is 13.0. The van der Waals surface area contributed by atoms with Crippen molar-refractivity contribution < 1.29 is 27.2 Å². The summed E-state index contributed by atoms with van der Waals surface area (Å²) < 4.78 is 55.6. The van der Waals surface area contributed by atoms with Gasteiger partial charge in [0.05, 0.1) is 17.8 Å². The molecule has 0 radical (unpaired) electrons. The van der Waals surface area contributed by atoms with E-state index in [1.54, 1.807) is 6.92 Å². The molecule has 0 bridgehead atoms. The molecule has 2 rings (SSSR count). The van der Waals surface area contributed by atoms with Crippen LogP contribution < -0.4 is 10.2 Å². The maximum Gasteiger partial charge on any atom is 0.495 e. The smallest absolute Gasteiger partial charge is 0.478 e. The number of hydrogen-bond acceptors (Lipinski definition) is 4. The van der Waals surface area contributed by atoms with Crippen molar-refractivity contribution in [3.8, 4) is 5.88 Å². The molecule has 0 saturated carbocycles. The van der Waals surface area contributed by atoms with Crippen LogP contribution in [0.25, 0.3) is 0 Å². The Kier molecular flexibility index (Phi) is 4.21. The molecule has 0 N–H and O–H groups in total. The van der Waals surface area contributed by atoms with Crippen LogP contribution in [0.2, 0.25) is 0 Å². The zero-order valence-electron chi connectivity index (χ0n) is 13.2. The fraction of sp³-hybridized carbons (Fsp3) is 0.643. The van der Waals surface area contributed by atoms with E-state index in [0.29, 0.717) is 0 Å². The molecule has 1 aromatic heterocycles. The number of pyridine rings is 1. The van der Waals surface area contributed by atoms with Gasteiger partial charge in [-0.3, -0.25) is 0 Å². The van der Waals surface area contributed by atoms with E-state index in [1.807, 2.05) is 27.7 Å². The molecule has 0 unspecified atom stereocenters. The first-order chi connectivity index (χ1) is 9.96. The third kappa shape index (κ3) is 3.22. The lowest BCUT2D eigenvalue weighted by Crippen LogP contribution is -2.41. The molecule has 1 aliphatic rings. The van der Waals surface area contributed by atoms with Crippen molar-refractivity contribution >= 4 is 12.6 Å². The Balaban J connectivity index is 2.41. The Hall–Kier alpha value is -1.28. The number of alkyl halides is 3. The van der Waals surface area contributed by atoms with Crippen LogP contribution in [0, 0.1) is 0 Å². The van der Waals surface area contributed by atoms with E-state index in [2.05, 4.69) is 4.98 Å². The quantitative estimate of drug-likeness (QED) is 0.804. The second kappa shape index (κ2) is 5.42. The predicted molar refractivity (Wildman–Crippen MR) is 76.1 cm³/mol. The fourth-order valence-corrected chi connectivity index (χ4v) is 2.01. The summed E-state index contributed by atoms with van der Waals surface area (Å²) in [4.78, 5) is 3.48. The van der Waals surface area contributed by atoms with Crippen LogP contribution in [0.4, 0.5) is 13.2 Å². The Morgan fingerprint density at radius 2 is 1.68 bits per heavy atom. The predicted octanol–water partition coefficient (Wildman–Crippen LogP) is 2.80. The van der Waals surface area contributed by atoms with Crippen molar-refractivity contribution in [1.29, 1.82) is 0 Å². The van der Waals surface area contributed by atoms with Gasteiger partial charge in [-0.2, -0.15) is 13.2 Å². The van der Waals surface area contributed by atoms with Crippen molar-refractivity contribution in [3.63, 3.8) is 0 Å². The maximum absolute atomic E-state index is 13.0. The first kappa shape index (κ1) is 17.1. The minimum absolute atomic E-state index is 0.0953. The fourth-order valence-electron chi connectivity index (χ4n) is 2.01. The van der Waals surface area contributed by atoms with Gasteiger partial charge in [0, 0.05) is 6.07 Å². The average molecular weight is 317 g/mol. The zero-order chi connectivity index (χ0) is 16.8. The highest BCUT2D eigenvalue weighted by Gasteiger charge is 2.52. The van der Waals surface area contributed by atoms with E-state index in [4.69, 9.17) is 14.0 Å². The molecule has 1 fully saturated rings. The van der Waals surface area contributed by atoms with E-state index in [0.717, 1.165) is 6.07 Å². The first-order valence-corrected chi connectivity index (χ1v) is 7.04. The lowest BCUT2D eigenvalue weighted by Gasteiger charge is -2.32. The number of aromatic nitrogens is 1. The molecule has 1 saturated heterocycles. The second-order valence-electron chi connectivity index (χ2n) is 6.14. The minimum atomic E-state index is -4.56. The largest absolute Gasteiger partial charge is 0.495 e. The van der Waals surface area contributed by atoms with E-state index in [9.17, 15) is 13.2 Å². The standard InChI is InChI=1S/C14H19BF3NO3/c1-6-20-11-8-9(7-10(19-11)14(16,17)18)15-21-12(2,3)13(4,5)22-15/h7-8H,6H2,1-5H3. The summed E-state index contributed by atoms with van der Waals surface area (Å²) >= 11 is 0. The van der Waals surface area contributed by atoms with Crippen LogP contribution in [0.1, 0.15) is 40.3 Å². The van der Waals surface area contributed by atoms with Crippen LogP contribution in [-0.2, 0) is 15.5 Å². The molecule has 0 aromatic carbocycles. The van der Waals surface area contributed by atoms with E-state index < -0.39 is 30.2 Å². The number of nitrogens with zero attached hydrogens (tertiary/aromatic N) is 1. The summed E-state index contributed by atoms with van der Waals surface area (Å²) in [6.45, 7) is 9.24. The molecule has 0 spiro atoms. The van der Waals surface area contributed by atoms with Gasteiger partial charge in [-0.1, -0.05) is 0 Å². The Morgan fingerprint density at radius 1 is 1.14 bits per heavy atom. The molecule has 0 aliphatic carbocycles. The number of hydrogen-bond donors (Lipinski definition) is 0. The lowest BCUT2D eigenvalue weighted by atomic mass is 9.79. The zero-order valence-corrected chi connectivity index (χ0v) is 13.2. The Bertz CT molecular complexity index is 545. The van der Waals surface area contributed by atoms with Crippen molar-refractivity contribution in [1.82, 2.24) is 4.98 Å². The summed E-state index contributed by atoms with van der Waals surface area (Å²) in [5, 5.41) is 0. The second-order valence-corrected chi connectivity index (χ2v) is 6.14. The van der Waals surface area contributed by atoms with Gasteiger partial charge in [0.15, 0.2) is 0 Å². The van der Waals surface area contributed by atoms with Crippen molar-refractivity contribution in [2.24, 2.45) is 0 Å². The average Bonchev–Trinajstić information content (AvgIpc) is 2.57. The summed E-state index contributed by atoms with van der Waals surface area (Å²) in [5.74, 6) is -0.0953. The normalized spacial score (nSPS) is 20.3. The van der Waals surface area contributed by atoms with E-state index in [-0.39, 0.29) is 17.9 Å². The van der Waals surface area contributed by atoms with Crippen molar-refractivity contribution in [2.45, 2.75) is 52.0 Å². The molecule has 122 valence electrons. The molecular formula is C14H19BF3NO3. The monoisotopic (exact) mass is 317 g/mol. The highest BCUT2D eigenvalue weighted by Crippen LogP contribution is 2.37. The van der Waals surface area contributed by atoms with Crippen LogP contribution in [0.15, 0.2) is 12.1 Å². The van der Waals surface area contributed by atoms with Gasteiger partial charge in [0.2, 0.25) is 5.88 Å². The molecule has 1 aromatic rings. The Morgan fingerprint density at radius 3 is 2.14 bits per heavy atom. The molecule has 0 amide bonds. The van der Waals surface area contributed by atoms with Gasteiger partial charge in [-0.05, 0) is 46.1 Å². The topological polar surface area (TPSA) is 40.6 Å².